The molecule has 5 nitrogen and oxygen atoms in total. The number of H-pyrrole nitrogens is 2. The topological polar surface area (TPSA) is 87.6 Å². The molecule has 0 aliphatic carbocycles. The molecule has 0 radical (unpaired) electrons. The maximum absolute atomic E-state index is 11.7. The minimum atomic E-state index is -0.203. The fraction of sp³-hybridized carbons (Fsp3) is 0.200. The number of fused-ring (bicyclic) bond motifs is 1. The number of nitrogens with zero attached hydrogens (tertiary/aromatic N) is 1. The van der Waals surface area contributed by atoms with Gasteiger partial charge in [0.25, 0.3) is 5.56 Å². The first-order valence-electron chi connectivity index (χ1n) is 6.55. The van der Waals surface area contributed by atoms with Crippen molar-refractivity contribution in [3.05, 3.63) is 57.5 Å². The average Bonchev–Trinajstić information content (AvgIpc) is 2.81. The number of aryl methyl sites for hydroxylation is 3. The Kier molecular flexibility index (Phi) is 3.02. The SMILES string of the molecule is Cc1ccc(CCc2cc3c(=O)[nH]c(N)nc3[nH]2)cc1. The molecule has 102 valence electrons. The van der Waals surface area contributed by atoms with Crippen molar-refractivity contribution in [2.45, 2.75) is 19.8 Å². The van der Waals surface area contributed by atoms with Gasteiger partial charge in [0.05, 0.1) is 5.39 Å². The number of hydrogen-bond acceptors (Lipinski definition) is 3. The Bertz CT molecular complexity index is 799. The third kappa shape index (κ3) is 2.42. The van der Waals surface area contributed by atoms with Gasteiger partial charge in [0, 0.05) is 5.69 Å². The van der Waals surface area contributed by atoms with Crippen molar-refractivity contribution < 1.29 is 0 Å². The number of nitrogens with two attached hydrogens (primary N) is 1. The Hall–Kier alpha value is -2.56. The molecule has 0 amide bonds. The molecule has 2 aromatic heterocycles. The van der Waals surface area contributed by atoms with Crippen LogP contribution in [0.1, 0.15) is 16.8 Å². The number of rotatable bonds is 3. The maximum Gasteiger partial charge on any atom is 0.261 e. The van der Waals surface area contributed by atoms with Gasteiger partial charge in [-0.1, -0.05) is 29.8 Å². The normalized spacial score (nSPS) is 11.1. The quantitative estimate of drug-likeness (QED) is 0.678. The molecule has 0 atom stereocenters. The summed E-state index contributed by atoms with van der Waals surface area (Å²) >= 11 is 0. The molecule has 0 unspecified atom stereocenters. The van der Waals surface area contributed by atoms with Gasteiger partial charge in [-0.25, -0.2) is 0 Å². The number of nitrogen functional groups attached to an aromatic ring is 1. The molecule has 20 heavy (non-hydrogen) atoms. The first-order chi connectivity index (χ1) is 9.61. The molecule has 4 N–H and O–H groups in total. The number of aromatic amines is 2. The lowest BCUT2D eigenvalue weighted by molar-refractivity contribution is 0.927. The van der Waals surface area contributed by atoms with Crippen molar-refractivity contribution in [1.82, 2.24) is 15.0 Å². The standard InChI is InChI=1S/C15H16N4O/c1-9-2-4-10(5-3-9)6-7-11-8-12-13(17-11)18-15(16)19-14(12)20/h2-5,8H,6-7H2,1H3,(H4,16,17,18,19,20). The molecule has 0 aliphatic heterocycles. The number of hydrogen-bond donors (Lipinski definition) is 3. The monoisotopic (exact) mass is 268 g/mol. The average molecular weight is 268 g/mol. The lowest BCUT2D eigenvalue weighted by Crippen LogP contribution is -2.09. The van der Waals surface area contributed by atoms with Gasteiger partial charge in [-0.3, -0.25) is 9.78 Å². The van der Waals surface area contributed by atoms with Gasteiger partial charge in [0.2, 0.25) is 5.95 Å². The number of anilines is 1. The van der Waals surface area contributed by atoms with Gasteiger partial charge < -0.3 is 10.7 Å². The predicted molar refractivity (Wildman–Crippen MR) is 79.7 cm³/mol. The van der Waals surface area contributed by atoms with Crippen LogP contribution in [0, 0.1) is 6.92 Å². The van der Waals surface area contributed by atoms with Crippen LogP contribution in [-0.4, -0.2) is 15.0 Å². The van der Waals surface area contributed by atoms with Crippen molar-refractivity contribution in [1.29, 1.82) is 0 Å². The summed E-state index contributed by atoms with van der Waals surface area (Å²) in [7, 11) is 0. The van der Waals surface area contributed by atoms with Crippen molar-refractivity contribution in [2.24, 2.45) is 0 Å². The number of benzene rings is 1. The third-order valence-electron chi connectivity index (χ3n) is 3.37. The molecule has 0 saturated carbocycles. The second-order valence-electron chi connectivity index (χ2n) is 4.99. The Morgan fingerprint density at radius 3 is 2.65 bits per heavy atom. The molecule has 3 aromatic rings. The van der Waals surface area contributed by atoms with Gasteiger partial charge in [0.15, 0.2) is 0 Å². The molecule has 0 bridgehead atoms. The Morgan fingerprint density at radius 2 is 1.90 bits per heavy atom. The van der Waals surface area contributed by atoms with Crippen molar-refractivity contribution in [3.8, 4) is 0 Å². The van der Waals surface area contributed by atoms with Crippen molar-refractivity contribution >= 4 is 17.0 Å². The van der Waals surface area contributed by atoms with E-state index >= 15 is 0 Å². The lowest BCUT2D eigenvalue weighted by atomic mass is 10.1. The van der Waals surface area contributed by atoms with Crippen LogP contribution in [0.25, 0.3) is 11.0 Å². The zero-order valence-electron chi connectivity index (χ0n) is 11.2. The van der Waals surface area contributed by atoms with Crippen molar-refractivity contribution in [2.75, 3.05) is 5.73 Å². The zero-order chi connectivity index (χ0) is 14.1. The number of nitrogens with one attached hydrogen (secondary N) is 2. The van der Waals surface area contributed by atoms with E-state index in [2.05, 4.69) is 46.1 Å². The van der Waals surface area contributed by atoms with E-state index in [9.17, 15) is 4.79 Å². The van der Waals surface area contributed by atoms with Crippen molar-refractivity contribution in [3.63, 3.8) is 0 Å². The first-order valence-corrected chi connectivity index (χ1v) is 6.55. The zero-order valence-corrected chi connectivity index (χ0v) is 11.2. The first kappa shape index (κ1) is 12.5. The van der Waals surface area contributed by atoms with Gasteiger partial charge in [-0.15, -0.1) is 0 Å². The molecule has 0 spiro atoms. The molecule has 0 fully saturated rings. The van der Waals surface area contributed by atoms with Crippen LogP contribution in [0.5, 0.6) is 0 Å². The fourth-order valence-electron chi connectivity index (χ4n) is 2.26. The minimum Gasteiger partial charge on any atom is -0.369 e. The fourth-order valence-corrected chi connectivity index (χ4v) is 2.26. The number of aromatic nitrogens is 3. The molecule has 1 aromatic carbocycles. The highest BCUT2D eigenvalue weighted by atomic mass is 16.1. The van der Waals surface area contributed by atoms with Crippen LogP contribution >= 0.6 is 0 Å². The second-order valence-corrected chi connectivity index (χ2v) is 4.99. The summed E-state index contributed by atoms with van der Waals surface area (Å²) in [6.07, 6.45) is 1.75. The summed E-state index contributed by atoms with van der Waals surface area (Å²) in [5.74, 6) is 0.134. The van der Waals surface area contributed by atoms with Crippen LogP contribution < -0.4 is 11.3 Å². The van der Waals surface area contributed by atoms with E-state index in [0.29, 0.717) is 11.0 Å². The van der Waals surface area contributed by atoms with Crippen LogP contribution in [-0.2, 0) is 12.8 Å². The minimum absolute atomic E-state index is 0.134. The van der Waals surface area contributed by atoms with Gasteiger partial charge in [-0.05, 0) is 31.4 Å². The molecule has 3 rings (SSSR count). The van der Waals surface area contributed by atoms with E-state index in [4.69, 9.17) is 5.73 Å². The summed E-state index contributed by atoms with van der Waals surface area (Å²) in [5.41, 5.74) is 9.39. The lowest BCUT2D eigenvalue weighted by Gasteiger charge is -2.00. The highest BCUT2D eigenvalue weighted by molar-refractivity contribution is 5.76. The summed E-state index contributed by atoms with van der Waals surface area (Å²) < 4.78 is 0. The highest BCUT2D eigenvalue weighted by Gasteiger charge is 2.07. The van der Waals surface area contributed by atoms with Crippen LogP contribution in [0.3, 0.4) is 0 Å². The van der Waals surface area contributed by atoms with E-state index in [1.165, 1.54) is 11.1 Å². The van der Waals surface area contributed by atoms with E-state index in [1.807, 2.05) is 6.07 Å². The largest absolute Gasteiger partial charge is 0.369 e. The summed E-state index contributed by atoms with van der Waals surface area (Å²) in [5, 5.41) is 0.554. The van der Waals surface area contributed by atoms with E-state index in [1.54, 1.807) is 0 Å². The molecule has 5 heteroatoms. The Morgan fingerprint density at radius 1 is 1.15 bits per heavy atom. The Labute approximate surface area is 115 Å². The molecule has 0 saturated heterocycles. The summed E-state index contributed by atoms with van der Waals surface area (Å²) in [6.45, 7) is 2.07. The van der Waals surface area contributed by atoms with E-state index in [0.717, 1.165) is 18.5 Å². The van der Waals surface area contributed by atoms with Crippen LogP contribution in [0.15, 0.2) is 35.1 Å². The molecule has 0 aliphatic rings. The molecule has 2 heterocycles. The van der Waals surface area contributed by atoms with Gasteiger partial charge in [0.1, 0.15) is 5.65 Å². The van der Waals surface area contributed by atoms with E-state index < -0.39 is 0 Å². The molecular formula is C15H16N4O. The smallest absolute Gasteiger partial charge is 0.261 e. The molecular weight excluding hydrogens is 252 g/mol. The van der Waals surface area contributed by atoms with Crippen LogP contribution in [0.4, 0.5) is 5.95 Å². The van der Waals surface area contributed by atoms with Gasteiger partial charge >= 0.3 is 0 Å². The maximum atomic E-state index is 11.7. The summed E-state index contributed by atoms with van der Waals surface area (Å²) in [4.78, 5) is 21.5. The summed E-state index contributed by atoms with van der Waals surface area (Å²) in [6, 6.07) is 10.3. The van der Waals surface area contributed by atoms with E-state index in [-0.39, 0.29) is 11.5 Å². The highest BCUT2D eigenvalue weighted by Crippen LogP contribution is 2.12. The predicted octanol–water partition coefficient (Wildman–Crippen LogP) is 1.93. The van der Waals surface area contributed by atoms with Gasteiger partial charge in [-0.2, -0.15) is 4.98 Å². The third-order valence-corrected chi connectivity index (χ3v) is 3.37. The second kappa shape index (κ2) is 4.85. The Balaban J connectivity index is 1.83. The van der Waals surface area contributed by atoms with Crippen LogP contribution in [0.2, 0.25) is 0 Å².